The predicted molar refractivity (Wildman–Crippen MR) is 107 cm³/mol. The van der Waals surface area contributed by atoms with E-state index in [2.05, 4.69) is 0 Å². The summed E-state index contributed by atoms with van der Waals surface area (Å²) in [7, 11) is 0. The Kier molecular flexibility index (Phi) is 6.80. The van der Waals surface area contributed by atoms with Crippen molar-refractivity contribution < 1.29 is 9.18 Å². The Balaban J connectivity index is 1.38. The first kappa shape index (κ1) is 19.1. The quantitative estimate of drug-likeness (QED) is 0.526. The molecule has 2 aromatic rings. The number of carbonyl (C=O) groups excluding carboxylic acids is 1. The lowest BCUT2D eigenvalue weighted by Crippen LogP contribution is -2.49. The molecular weight excluding hydrogens is 371 g/mol. The number of nitrogens with zero attached hydrogens (tertiary/aromatic N) is 2. The minimum Gasteiger partial charge on any atom is -0.366 e. The topological polar surface area (TPSA) is 23.6 Å². The first-order valence-corrected chi connectivity index (χ1v) is 10.2. The van der Waals surface area contributed by atoms with Crippen LogP contribution in [-0.4, -0.2) is 42.7 Å². The molecule has 3 rings (SSSR count). The molecule has 0 aromatic heterocycles. The molecule has 0 bridgehead atoms. The molecule has 1 heterocycles. The normalized spacial score (nSPS) is 14.5. The van der Waals surface area contributed by atoms with Crippen LogP contribution in [0.5, 0.6) is 0 Å². The minimum absolute atomic E-state index is 0.190. The van der Waals surface area contributed by atoms with Crippen LogP contribution in [0, 0.1) is 5.82 Å². The Hall–Kier alpha value is -1.72. The average molecular weight is 393 g/mol. The van der Waals surface area contributed by atoms with Gasteiger partial charge in [-0.2, -0.15) is 0 Å². The Labute approximate surface area is 163 Å². The summed E-state index contributed by atoms with van der Waals surface area (Å²) >= 11 is 7.61. The molecule has 1 amide bonds. The number of halogens is 2. The van der Waals surface area contributed by atoms with E-state index in [0.717, 1.165) is 17.2 Å². The number of hydrogen-bond donors (Lipinski definition) is 0. The number of benzene rings is 2. The van der Waals surface area contributed by atoms with Crippen LogP contribution in [0.2, 0.25) is 5.02 Å². The summed E-state index contributed by atoms with van der Waals surface area (Å²) in [6.07, 6.45) is 1.40. The van der Waals surface area contributed by atoms with Crippen molar-refractivity contribution in [2.24, 2.45) is 0 Å². The molecule has 0 unspecified atom stereocenters. The average Bonchev–Trinajstić information content (AvgIpc) is 2.67. The summed E-state index contributed by atoms with van der Waals surface area (Å²) in [6, 6.07) is 14.6. The number of thioether (sulfide) groups is 1. The van der Waals surface area contributed by atoms with Crippen molar-refractivity contribution in [3.05, 3.63) is 59.4 Å². The minimum atomic E-state index is -0.202. The first-order valence-electron chi connectivity index (χ1n) is 8.79. The second-order valence-corrected chi connectivity index (χ2v) is 7.83. The zero-order valence-corrected chi connectivity index (χ0v) is 16.1. The molecule has 6 heteroatoms. The van der Waals surface area contributed by atoms with Gasteiger partial charge in [-0.1, -0.05) is 23.7 Å². The van der Waals surface area contributed by atoms with Crippen molar-refractivity contribution in [2.45, 2.75) is 17.7 Å². The Bertz CT molecular complexity index is 733. The van der Waals surface area contributed by atoms with Crippen LogP contribution in [0.15, 0.2) is 53.4 Å². The third kappa shape index (κ3) is 5.15. The van der Waals surface area contributed by atoms with Crippen LogP contribution in [0.25, 0.3) is 0 Å². The Morgan fingerprint density at radius 3 is 2.42 bits per heavy atom. The second-order valence-electron chi connectivity index (χ2n) is 6.23. The van der Waals surface area contributed by atoms with Gasteiger partial charge in [-0.05, 0) is 48.6 Å². The Morgan fingerprint density at radius 2 is 1.73 bits per heavy atom. The van der Waals surface area contributed by atoms with E-state index in [4.69, 9.17) is 11.6 Å². The van der Waals surface area contributed by atoms with Gasteiger partial charge in [0.2, 0.25) is 5.91 Å². The Morgan fingerprint density at radius 1 is 1.04 bits per heavy atom. The fraction of sp³-hybridized carbons (Fsp3) is 0.350. The molecule has 138 valence electrons. The van der Waals surface area contributed by atoms with Gasteiger partial charge in [0.15, 0.2) is 0 Å². The summed E-state index contributed by atoms with van der Waals surface area (Å²) < 4.78 is 13.9. The van der Waals surface area contributed by atoms with Crippen LogP contribution >= 0.6 is 23.4 Å². The summed E-state index contributed by atoms with van der Waals surface area (Å²) in [5.41, 5.74) is 0.624. The molecule has 0 atom stereocenters. The number of para-hydroxylation sites is 1. The van der Waals surface area contributed by atoms with E-state index < -0.39 is 0 Å². The molecule has 26 heavy (non-hydrogen) atoms. The predicted octanol–water partition coefficient (Wildman–Crippen LogP) is 4.70. The number of anilines is 1. The molecular formula is C20H22ClFN2OS. The molecule has 1 aliphatic rings. The molecule has 1 fully saturated rings. The maximum atomic E-state index is 13.9. The van der Waals surface area contributed by atoms with E-state index in [1.807, 2.05) is 40.1 Å². The van der Waals surface area contributed by atoms with E-state index in [1.54, 1.807) is 23.9 Å². The molecule has 0 N–H and O–H groups in total. The van der Waals surface area contributed by atoms with Gasteiger partial charge >= 0.3 is 0 Å². The van der Waals surface area contributed by atoms with Gasteiger partial charge in [-0.3, -0.25) is 4.79 Å². The summed E-state index contributed by atoms with van der Waals surface area (Å²) in [5.74, 6) is 0.893. The standard InChI is InChI=1S/C20H22ClFN2OS/c21-16-7-9-17(10-8-16)26-15-3-6-20(25)24-13-11-23(12-14-24)19-5-2-1-4-18(19)22/h1-2,4-5,7-10H,3,6,11-15H2. The highest BCUT2D eigenvalue weighted by atomic mass is 35.5. The third-order valence-corrected chi connectivity index (χ3v) is 5.79. The fourth-order valence-electron chi connectivity index (χ4n) is 3.01. The van der Waals surface area contributed by atoms with Crippen molar-refractivity contribution >= 4 is 35.0 Å². The highest BCUT2D eigenvalue weighted by Crippen LogP contribution is 2.22. The highest BCUT2D eigenvalue weighted by Gasteiger charge is 2.22. The first-order chi connectivity index (χ1) is 12.6. The lowest BCUT2D eigenvalue weighted by atomic mass is 10.2. The van der Waals surface area contributed by atoms with Crippen molar-refractivity contribution in [3.63, 3.8) is 0 Å². The smallest absolute Gasteiger partial charge is 0.222 e. The van der Waals surface area contributed by atoms with Gasteiger partial charge in [0.1, 0.15) is 5.82 Å². The molecule has 0 aliphatic carbocycles. The number of piperazine rings is 1. The van der Waals surface area contributed by atoms with Gasteiger partial charge in [0.25, 0.3) is 0 Å². The van der Waals surface area contributed by atoms with Crippen molar-refractivity contribution in [2.75, 3.05) is 36.8 Å². The highest BCUT2D eigenvalue weighted by molar-refractivity contribution is 7.99. The van der Waals surface area contributed by atoms with Crippen molar-refractivity contribution in [1.29, 1.82) is 0 Å². The van der Waals surface area contributed by atoms with Crippen LogP contribution in [0.4, 0.5) is 10.1 Å². The molecule has 1 aliphatic heterocycles. The molecule has 1 saturated heterocycles. The maximum absolute atomic E-state index is 13.9. The van der Waals surface area contributed by atoms with Crippen LogP contribution in [0.3, 0.4) is 0 Å². The third-order valence-electron chi connectivity index (χ3n) is 4.44. The molecule has 0 radical (unpaired) electrons. The van der Waals surface area contributed by atoms with Gasteiger partial charge in [-0.15, -0.1) is 11.8 Å². The van der Waals surface area contributed by atoms with Gasteiger partial charge in [0.05, 0.1) is 5.69 Å². The molecule has 2 aromatic carbocycles. The van der Waals surface area contributed by atoms with Gasteiger partial charge in [-0.25, -0.2) is 4.39 Å². The van der Waals surface area contributed by atoms with E-state index in [9.17, 15) is 9.18 Å². The SMILES string of the molecule is O=C(CCCSc1ccc(Cl)cc1)N1CCN(c2ccccc2F)CC1. The van der Waals surface area contributed by atoms with Crippen LogP contribution in [0.1, 0.15) is 12.8 Å². The summed E-state index contributed by atoms with van der Waals surface area (Å²) in [6.45, 7) is 2.65. The number of amides is 1. The van der Waals surface area contributed by atoms with Crippen molar-refractivity contribution in [1.82, 2.24) is 4.90 Å². The molecule has 0 saturated carbocycles. The van der Waals surface area contributed by atoms with Crippen LogP contribution < -0.4 is 4.90 Å². The second kappa shape index (κ2) is 9.28. The summed E-state index contributed by atoms with van der Waals surface area (Å²) in [4.78, 5) is 17.4. The van der Waals surface area contributed by atoms with E-state index in [0.29, 0.717) is 38.3 Å². The molecule has 0 spiro atoms. The van der Waals surface area contributed by atoms with Crippen LogP contribution in [-0.2, 0) is 4.79 Å². The van der Waals surface area contributed by atoms with E-state index in [-0.39, 0.29) is 11.7 Å². The number of carbonyl (C=O) groups is 1. The lowest BCUT2D eigenvalue weighted by molar-refractivity contribution is -0.131. The monoisotopic (exact) mass is 392 g/mol. The lowest BCUT2D eigenvalue weighted by Gasteiger charge is -2.36. The largest absolute Gasteiger partial charge is 0.366 e. The van der Waals surface area contributed by atoms with E-state index >= 15 is 0 Å². The number of hydrogen-bond acceptors (Lipinski definition) is 3. The molecule has 3 nitrogen and oxygen atoms in total. The summed E-state index contributed by atoms with van der Waals surface area (Å²) in [5, 5.41) is 0.735. The van der Waals surface area contributed by atoms with Gasteiger partial charge in [0, 0.05) is 42.5 Å². The van der Waals surface area contributed by atoms with Crippen molar-refractivity contribution in [3.8, 4) is 0 Å². The number of rotatable bonds is 6. The maximum Gasteiger partial charge on any atom is 0.222 e. The van der Waals surface area contributed by atoms with Gasteiger partial charge < -0.3 is 9.80 Å². The zero-order chi connectivity index (χ0) is 18.4. The fourth-order valence-corrected chi connectivity index (χ4v) is 3.99. The zero-order valence-electron chi connectivity index (χ0n) is 14.5. The van der Waals surface area contributed by atoms with E-state index in [1.165, 1.54) is 11.0 Å².